The SMILES string of the molecule is CC(C)(C)OC(=O)N1CCC2(CC[C@H]([C@H]3c4ccccc4-c4cncn43)[C@H]2O)CC1. The van der Waals surface area contributed by atoms with Crippen molar-refractivity contribution in [2.24, 2.45) is 11.3 Å². The summed E-state index contributed by atoms with van der Waals surface area (Å²) in [5.74, 6) is 0.162. The van der Waals surface area contributed by atoms with Gasteiger partial charge < -0.3 is 19.3 Å². The number of imidazole rings is 1. The number of rotatable bonds is 1. The topological polar surface area (TPSA) is 67.6 Å². The van der Waals surface area contributed by atoms with Crippen molar-refractivity contribution < 1.29 is 14.6 Å². The average molecular weight is 410 g/mol. The molecule has 160 valence electrons. The van der Waals surface area contributed by atoms with E-state index in [4.69, 9.17) is 4.74 Å². The Labute approximate surface area is 177 Å². The lowest BCUT2D eigenvalue weighted by atomic mass is 9.73. The Bertz CT molecular complexity index is 953. The van der Waals surface area contributed by atoms with Crippen molar-refractivity contribution in [2.75, 3.05) is 13.1 Å². The summed E-state index contributed by atoms with van der Waals surface area (Å²) in [7, 11) is 0. The van der Waals surface area contributed by atoms with Gasteiger partial charge in [-0.3, -0.25) is 0 Å². The number of aliphatic hydroxyl groups excluding tert-OH is 1. The zero-order valence-corrected chi connectivity index (χ0v) is 18.0. The molecule has 2 fully saturated rings. The minimum atomic E-state index is -0.484. The lowest BCUT2D eigenvalue weighted by Crippen LogP contribution is -2.48. The molecule has 0 unspecified atom stereocenters. The van der Waals surface area contributed by atoms with E-state index < -0.39 is 5.60 Å². The van der Waals surface area contributed by atoms with Crippen LogP contribution in [0.3, 0.4) is 0 Å². The molecule has 6 nitrogen and oxygen atoms in total. The highest BCUT2D eigenvalue weighted by Gasteiger charge is 2.53. The molecule has 2 aliphatic heterocycles. The van der Waals surface area contributed by atoms with Gasteiger partial charge in [-0.05, 0) is 52.0 Å². The van der Waals surface area contributed by atoms with E-state index in [1.807, 2.05) is 33.3 Å². The monoisotopic (exact) mass is 409 g/mol. The molecule has 6 heteroatoms. The van der Waals surface area contributed by atoms with Gasteiger partial charge in [0.2, 0.25) is 0 Å². The Morgan fingerprint density at radius 3 is 2.67 bits per heavy atom. The summed E-state index contributed by atoms with van der Waals surface area (Å²) >= 11 is 0. The van der Waals surface area contributed by atoms with Crippen molar-refractivity contribution in [1.29, 1.82) is 0 Å². The number of likely N-dealkylation sites (tertiary alicyclic amines) is 1. The Kier molecular flexibility index (Phi) is 4.47. The first kappa shape index (κ1) is 19.6. The number of hydrogen-bond acceptors (Lipinski definition) is 4. The molecule has 1 saturated heterocycles. The number of amides is 1. The number of fused-ring (bicyclic) bond motifs is 3. The van der Waals surface area contributed by atoms with Crippen LogP contribution in [0.2, 0.25) is 0 Å². The number of aliphatic hydroxyl groups is 1. The van der Waals surface area contributed by atoms with Crippen molar-refractivity contribution in [3.05, 3.63) is 42.4 Å². The van der Waals surface area contributed by atoms with E-state index in [9.17, 15) is 9.90 Å². The van der Waals surface area contributed by atoms with Crippen molar-refractivity contribution >= 4 is 6.09 Å². The van der Waals surface area contributed by atoms with E-state index in [0.29, 0.717) is 13.1 Å². The summed E-state index contributed by atoms with van der Waals surface area (Å²) in [6.45, 7) is 6.98. The van der Waals surface area contributed by atoms with Crippen LogP contribution in [-0.2, 0) is 4.74 Å². The van der Waals surface area contributed by atoms with E-state index in [1.165, 1.54) is 11.1 Å². The van der Waals surface area contributed by atoms with Crippen LogP contribution in [0.15, 0.2) is 36.8 Å². The molecule has 0 bridgehead atoms. The second kappa shape index (κ2) is 6.84. The van der Waals surface area contributed by atoms with Crippen molar-refractivity contribution in [3.8, 4) is 11.3 Å². The first-order valence-corrected chi connectivity index (χ1v) is 11.1. The zero-order valence-electron chi connectivity index (χ0n) is 18.0. The van der Waals surface area contributed by atoms with Crippen LogP contribution in [0.5, 0.6) is 0 Å². The number of ether oxygens (including phenoxy) is 1. The molecule has 1 N–H and O–H groups in total. The Morgan fingerprint density at radius 1 is 1.20 bits per heavy atom. The molecule has 0 radical (unpaired) electrons. The molecule has 1 amide bonds. The number of aromatic nitrogens is 2. The third-order valence-corrected chi connectivity index (χ3v) is 7.35. The predicted molar refractivity (Wildman–Crippen MR) is 114 cm³/mol. The molecule has 1 saturated carbocycles. The quantitative estimate of drug-likeness (QED) is 0.765. The molecule has 1 aliphatic carbocycles. The number of benzene rings is 1. The number of hydrogen-bond donors (Lipinski definition) is 1. The number of piperidine rings is 1. The van der Waals surface area contributed by atoms with Gasteiger partial charge in [-0.25, -0.2) is 9.78 Å². The Morgan fingerprint density at radius 2 is 1.93 bits per heavy atom. The van der Waals surface area contributed by atoms with Crippen LogP contribution in [0.1, 0.15) is 58.1 Å². The van der Waals surface area contributed by atoms with Crippen molar-refractivity contribution in [1.82, 2.24) is 14.5 Å². The Hall–Kier alpha value is -2.34. The first-order chi connectivity index (χ1) is 14.3. The second-order valence-corrected chi connectivity index (χ2v) is 10.2. The van der Waals surface area contributed by atoms with Crippen LogP contribution in [0.4, 0.5) is 4.79 Å². The molecule has 1 aromatic heterocycles. The molecule has 3 heterocycles. The van der Waals surface area contributed by atoms with Gasteiger partial charge in [-0.1, -0.05) is 24.3 Å². The van der Waals surface area contributed by atoms with E-state index in [1.54, 1.807) is 4.90 Å². The van der Waals surface area contributed by atoms with Crippen LogP contribution in [0, 0.1) is 11.3 Å². The van der Waals surface area contributed by atoms with Gasteiger partial charge in [0, 0.05) is 30.0 Å². The Balaban J connectivity index is 1.34. The lowest BCUT2D eigenvalue weighted by Gasteiger charge is -2.43. The molecular formula is C24H31N3O3. The summed E-state index contributed by atoms with van der Waals surface area (Å²) in [4.78, 5) is 18.6. The minimum absolute atomic E-state index is 0.110. The van der Waals surface area contributed by atoms with Gasteiger partial charge in [-0.15, -0.1) is 0 Å². The predicted octanol–water partition coefficient (Wildman–Crippen LogP) is 4.24. The third kappa shape index (κ3) is 3.04. The lowest BCUT2D eigenvalue weighted by molar-refractivity contribution is -0.0341. The maximum absolute atomic E-state index is 12.4. The van der Waals surface area contributed by atoms with Crippen LogP contribution in [-0.4, -0.2) is 50.4 Å². The fourth-order valence-electron chi connectivity index (χ4n) is 5.86. The average Bonchev–Trinajstić information content (AvgIpc) is 3.36. The molecule has 1 spiro atoms. The van der Waals surface area contributed by atoms with Gasteiger partial charge in [0.05, 0.1) is 30.4 Å². The fourth-order valence-corrected chi connectivity index (χ4v) is 5.86. The molecule has 30 heavy (non-hydrogen) atoms. The van der Waals surface area contributed by atoms with Crippen LogP contribution in [0.25, 0.3) is 11.3 Å². The summed E-state index contributed by atoms with van der Waals surface area (Å²) in [5, 5.41) is 11.6. The normalized spacial score (nSPS) is 27.2. The maximum atomic E-state index is 12.4. The highest BCUT2D eigenvalue weighted by Crippen LogP contribution is 2.55. The summed E-state index contributed by atoms with van der Waals surface area (Å²) in [6.07, 6.45) is 6.86. The van der Waals surface area contributed by atoms with E-state index >= 15 is 0 Å². The van der Waals surface area contributed by atoms with Gasteiger partial charge in [-0.2, -0.15) is 0 Å². The third-order valence-electron chi connectivity index (χ3n) is 7.35. The van der Waals surface area contributed by atoms with Crippen LogP contribution < -0.4 is 0 Å². The van der Waals surface area contributed by atoms with Crippen LogP contribution >= 0.6 is 0 Å². The molecular weight excluding hydrogens is 378 g/mol. The number of carbonyl (C=O) groups excluding carboxylic acids is 1. The highest BCUT2D eigenvalue weighted by atomic mass is 16.6. The first-order valence-electron chi connectivity index (χ1n) is 11.1. The number of nitrogens with zero attached hydrogens (tertiary/aromatic N) is 3. The molecule has 1 aromatic carbocycles. The van der Waals surface area contributed by atoms with Gasteiger partial charge >= 0.3 is 6.09 Å². The summed E-state index contributed by atoms with van der Waals surface area (Å²) in [5.41, 5.74) is 3.07. The van der Waals surface area contributed by atoms with Gasteiger partial charge in [0.15, 0.2) is 0 Å². The van der Waals surface area contributed by atoms with Crippen molar-refractivity contribution in [3.63, 3.8) is 0 Å². The van der Waals surface area contributed by atoms with E-state index in [0.717, 1.165) is 31.4 Å². The summed E-state index contributed by atoms with van der Waals surface area (Å²) in [6, 6.07) is 8.63. The highest BCUT2D eigenvalue weighted by molar-refractivity contribution is 5.69. The number of carbonyl (C=O) groups is 1. The van der Waals surface area contributed by atoms with E-state index in [2.05, 4.69) is 33.8 Å². The van der Waals surface area contributed by atoms with E-state index in [-0.39, 0.29) is 29.6 Å². The zero-order chi connectivity index (χ0) is 21.1. The minimum Gasteiger partial charge on any atom is -0.444 e. The standard InChI is InChI=1S/C24H31N3O3/c1-23(2,3)30-22(29)26-12-10-24(11-13-26)9-8-18(21(24)28)20-17-7-5-4-6-16(17)19-14-25-15-27(19)20/h4-7,14-15,18,20-21,28H,8-13H2,1-3H3/t18-,20-,21-/m1/s1. The molecule has 3 aliphatic rings. The molecule has 2 aromatic rings. The van der Waals surface area contributed by atoms with Crippen molar-refractivity contribution in [2.45, 2.75) is 64.2 Å². The summed E-state index contributed by atoms with van der Waals surface area (Å²) < 4.78 is 7.78. The molecule has 5 rings (SSSR count). The smallest absolute Gasteiger partial charge is 0.410 e. The maximum Gasteiger partial charge on any atom is 0.410 e. The fraction of sp³-hybridized carbons (Fsp3) is 0.583. The van der Waals surface area contributed by atoms with Gasteiger partial charge in [0.1, 0.15) is 5.60 Å². The largest absolute Gasteiger partial charge is 0.444 e. The second-order valence-electron chi connectivity index (χ2n) is 10.2. The van der Waals surface area contributed by atoms with Gasteiger partial charge in [0.25, 0.3) is 0 Å². The molecule has 3 atom stereocenters.